The van der Waals surface area contributed by atoms with Crippen molar-refractivity contribution in [2.45, 2.75) is 33.9 Å². The molecule has 1 N–H and O–H groups in total. The van der Waals surface area contributed by atoms with E-state index in [1.54, 1.807) is 0 Å². The van der Waals surface area contributed by atoms with Gasteiger partial charge in [0.2, 0.25) is 0 Å². The molecule has 0 unspecified atom stereocenters. The summed E-state index contributed by atoms with van der Waals surface area (Å²) in [5, 5.41) is 3.13. The fourth-order valence-electron chi connectivity index (χ4n) is 2.20. The van der Waals surface area contributed by atoms with Crippen molar-refractivity contribution in [2.75, 3.05) is 7.05 Å². The van der Waals surface area contributed by atoms with Crippen LogP contribution in [0.15, 0.2) is 28.7 Å². The molecule has 2 aromatic rings. The Morgan fingerprint density at radius 2 is 1.74 bits per heavy atom. The van der Waals surface area contributed by atoms with Gasteiger partial charge in [0.15, 0.2) is 0 Å². The van der Waals surface area contributed by atoms with Gasteiger partial charge in [-0.2, -0.15) is 0 Å². The van der Waals surface area contributed by atoms with Crippen molar-refractivity contribution in [1.82, 2.24) is 5.32 Å². The molecule has 0 saturated heterocycles. The van der Waals surface area contributed by atoms with Crippen LogP contribution in [0.1, 0.15) is 28.2 Å². The normalized spacial score (nSPS) is 10.7. The monoisotopic (exact) mass is 259 g/mol. The van der Waals surface area contributed by atoms with E-state index in [2.05, 4.69) is 31.3 Å². The molecule has 3 nitrogen and oxygen atoms in total. The Hall–Kier alpha value is -1.74. The summed E-state index contributed by atoms with van der Waals surface area (Å²) >= 11 is 0. The SMILES string of the molecule is CNCc1cc(COc2cc(C)cc(C)c2)oc1C. The van der Waals surface area contributed by atoms with Gasteiger partial charge in [-0.15, -0.1) is 0 Å². The minimum atomic E-state index is 0.466. The highest BCUT2D eigenvalue weighted by atomic mass is 16.5. The Balaban J connectivity index is 2.03. The van der Waals surface area contributed by atoms with Crippen LogP contribution in [0.5, 0.6) is 5.75 Å². The van der Waals surface area contributed by atoms with Crippen molar-refractivity contribution >= 4 is 0 Å². The molecule has 19 heavy (non-hydrogen) atoms. The molecule has 0 aliphatic carbocycles. The van der Waals surface area contributed by atoms with Crippen molar-refractivity contribution in [3.05, 3.63) is 52.5 Å². The number of rotatable bonds is 5. The van der Waals surface area contributed by atoms with Gasteiger partial charge in [-0.1, -0.05) is 6.07 Å². The maximum atomic E-state index is 5.79. The van der Waals surface area contributed by atoms with Crippen molar-refractivity contribution in [2.24, 2.45) is 0 Å². The fourth-order valence-corrected chi connectivity index (χ4v) is 2.20. The van der Waals surface area contributed by atoms with E-state index in [4.69, 9.17) is 9.15 Å². The van der Waals surface area contributed by atoms with Gasteiger partial charge in [0.25, 0.3) is 0 Å². The third-order valence-corrected chi connectivity index (χ3v) is 3.02. The summed E-state index contributed by atoms with van der Waals surface area (Å²) in [6.07, 6.45) is 0. The predicted molar refractivity (Wildman–Crippen MR) is 76.5 cm³/mol. The van der Waals surface area contributed by atoms with Crippen molar-refractivity contribution in [3.8, 4) is 5.75 Å². The predicted octanol–water partition coefficient (Wildman–Crippen LogP) is 3.50. The lowest BCUT2D eigenvalue weighted by atomic mass is 10.1. The Morgan fingerprint density at radius 1 is 1.05 bits per heavy atom. The molecule has 102 valence electrons. The van der Waals surface area contributed by atoms with Gasteiger partial charge in [0, 0.05) is 12.1 Å². The van der Waals surface area contributed by atoms with Gasteiger partial charge >= 0.3 is 0 Å². The lowest BCUT2D eigenvalue weighted by molar-refractivity contribution is 0.267. The van der Waals surface area contributed by atoms with Crippen LogP contribution >= 0.6 is 0 Å². The van der Waals surface area contributed by atoms with Gasteiger partial charge in [0.1, 0.15) is 23.9 Å². The summed E-state index contributed by atoms with van der Waals surface area (Å²) in [5.41, 5.74) is 3.60. The molecular weight excluding hydrogens is 238 g/mol. The maximum Gasteiger partial charge on any atom is 0.146 e. The minimum Gasteiger partial charge on any atom is -0.486 e. The van der Waals surface area contributed by atoms with E-state index in [-0.39, 0.29) is 0 Å². The lowest BCUT2D eigenvalue weighted by Gasteiger charge is -2.06. The zero-order valence-electron chi connectivity index (χ0n) is 12.0. The van der Waals surface area contributed by atoms with Crippen LogP contribution in [0.25, 0.3) is 0 Å². The molecule has 0 aliphatic rings. The van der Waals surface area contributed by atoms with Gasteiger partial charge in [-0.25, -0.2) is 0 Å². The van der Waals surface area contributed by atoms with Crippen LogP contribution in [0, 0.1) is 20.8 Å². The molecule has 1 aromatic carbocycles. The third-order valence-electron chi connectivity index (χ3n) is 3.02. The second-order valence-corrected chi connectivity index (χ2v) is 4.94. The maximum absolute atomic E-state index is 5.79. The molecule has 1 aromatic heterocycles. The first-order chi connectivity index (χ1) is 9.08. The van der Waals surface area contributed by atoms with E-state index in [1.165, 1.54) is 16.7 Å². The Morgan fingerprint density at radius 3 is 2.37 bits per heavy atom. The Bertz CT molecular complexity index is 538. The average Bonchev–Trinajstić information content (AvgIpc) is 2.67. The minimum absolute atomic E-state index is 0.466. The number of hydrogen-bond acceptors (Lipinski definition) is 3. The summed E-state index contributed by atoms with van der Waals surface area (Å²) in [5.74, 6) is 2.71. The molecule has 3 heteroatoms. The molecule has 0 radical (unpaired) electrons. The summed E-state index contributed by atoms with van der Waals surface area (Å²) < 4.78 is 11.5. The molecule has 0 amide bonds. The number of furan rings is 1. The molecule has 0 spiro atoms. The Kier molecular flexibility index (Phi) is 4.27. The molecule has 0 aliphatic heterocycles. The number of hydrogen-bond donors (Lipinski definition) is 1. The molecule has 1 heterocycles. The zero-order chi connectivity index (χ0) is 13.8. The number of nitrogens with one attached hydrogen (secondary N) is 1. The molecule has 0 fully saturated rings. The van der Waals surface area contributed by atoms with Crippen LogP contribution in [0.2, 0.25) is 0 Å². The van der Waals surface area contributed by atoms with Gasteiger partial charge in [-0.05, 0) is 57.1 Å². The highest BCUT2D eigenvalue weighted by Crippen LogP contribution is 2.20. The topological polar surface area (TPSA) is 34.4 Å². The van der Waals surface area contributed by atoms with Crippen LogP contribution in [-0.2, 0) is 13.2 Å². The summed E-state index contributed by atoms with van der Waals surface area (Å²) in [7, 11) is 1.93. The fraction of sp³-hybridized carbons (Fsp3) is 0.375. The van der Waals surface area contributed by atoms with Crippen LogP contribution in [0.3, 0.4) is 0 Å². The summed E-state index contributed by atoms with van der Waals surface area (Å²) in [6.45, 7) is 7.41. The lowest BCUT2D eigenvalue weighted by Crippen LogP contribution is -2.04. The number of aryl methyl sites for hydroxylation is 3. The Labute approximate surface area is 114 Å². The summed E-state index contributed by atoms with van der Waals surface area (Å²) in [6, 6.07) is 8.26. The standard InChI is InChI=1S/C16H21NO2/c1-11-5-12(2)7-15(6-11)18-10-16-8-14(9-17-4)13(3)19-16/h5-8,17H,9-10H2,1-4H3. The van der Waals surface area contributed by atoms with E-state index in [0.717, 1.165) is 23.8 Å². The van der Waals surface area contributed by atoms with Crippen molar-refractivity contribution < 1.29 is 9.15 Å². The first kappa shape index (κ1) is 13.7. The average molecular weight is 259 g/mol. The van der Waals surface area contributed by atoms with Crippen molar-refractivity contribution in [1.29, 1.82) is 0 Å². The van der Waals surface area contributed by atoms with E-state index in [0.29, 0.717) is 6.61 Å². The first-order valence-electron chi connectivity index (χ1n) is 6.52. The summed E-state index contributed by atoms with van der Waals surface area (Å²) in [4.78, 5) is 0. The second kappa shape index (κ2) is 5.93. The van der Waals surface area contributed by atoms with Gasteiger partial charge in [0.05, 0.1) is 0 Å². The van der Waals surface area contributed by atoms with Gasteiger partial charge < -0.3 is 14.5 Å². The quantitative estimate of drug-likeness (QED) is 0.892. The van der Waals surface area contributed by atoms with Crippen LogP contribution in [-0.4, -0.2) is 7.05 Å². The van der Waals surface area contributed by atoms with Crippen LogP contribution < -0.4 is 10.1 Å². The van der Waals surface area contributed by atoms with Gasteiger partial charge in [-0.3, -0.25) is 0 Å². The number of benzene rings is 1. The largest absolute Gasteiger partial charge is 0.486 e. The van der Waals surface area contributed by atoms with Crippen molar-refractivity contribution in [3.63, 3.8) is 0 Å². The second-order valence-electron chi connectivity index (χ2n) is 4.94. The highest BCUT2D eigenvalue weighted by molar-refractivity contribution is 5.33. The highest BCUT2D eigenvalue weighted by Gasteiger charge is 2.07. The zero-order valence-corrected chi connectivity index (χ0v) is 12.0. The molecular formula is C16H21NO2. The molecule has 2 rings (SSSR count). The van der Waals surface area contributed by atoms with E-state index < -0.39 is 0 Å². The van der Waals surface area contributed by atoms with E-state index in [9.17, 15) is 0 Å². The van der Waals surface area contributed by atoms with E-state index in [1.807, 2.05) is 26.1 Å². The first-order valence-corrected chi connectivity index (χ1v) is 6.52. The van der Waals surface area contributed by atoms with Crippen LogP contribution in [0.4, 0.5) is 0 Å². The third kappa shape index (κ3) is 3.61. The number of ether oxygens (including phenoxy) is 1. The molecule has 0 bridgehead atoms. The van der Waals surface area contributed by atoms with E-state index >= 15 is 0 Å². The molecule has 0 atom stereocenters. The molecule has 0 saturated carbocycles. The smallest absolute Gasteiger partial charge is 0.146 e.